The van der Waals surface area contributed by atoms with E-state index in [0.29, 0.717) is 12.1 Å². The van der Waals surface area contributed by atoms with Gasteiger partial charge in [-0.15, -0.1) is 0 Å². The highest BCUT2D eigenvalue weighted by Crippen LogP contribution is 2.15. The van der Waals surface area contributed by atoms with Gasteiger partial charge in [-0.1, -0.05) is 6.92 Å². The van der Waals surface area contributed by atoms with Gasteiger partial charge >= 0.3 is 0 Å². The molecule has 1 rings (SSSR count). The van der Waals surface area contributed by atoms with E-state index in [1.165, 1.54) is 12.8 Å². The van der Waals surface area contributed by atoms with Crippen LogP contribution in [-0.2, 0) is 9.47 Å². The Morgan fingerprint density at radius 1 is 1.47 bits per heavy atom. The Labute approximate surface area is 106 Å². The van der Waals surface area contributed by atoms with Crippen LogP contribution in [0.15, 0.2) is 0 Å². The summed E-state index contributed by atoms with van der Waals surface area (Å²) >= 11 is 0. The fourth-order valence-corrected chi connectivity index (χ4v) is 2.23. The van der Waals surface area contributed by atoms with Crippen molar-refractivity contribution in [2.45, 2.75) is 38.8 Å². The van der Waals surface area contributed by atoms with Crippen molar-refractivity contribution < 1.29 is 9.47 Å². The van der Waals surface area contributed by atoms with Crippen LogP contribution in [0.2, 0.25) is 0 Å². The standard InChI is InChI=1S/C13H28N2O2/c1-4-15(9-11-16-3)8-7-14-12(2)13-6-5-10-17-13/h12-14H,4-11H2,1-3H3. The van der Waals surface area contributed by atoms with Gasteiger partial charge in [0.15, 0.2) is 0 Å². The molecule has 0 aromatic carbocycles. The van der Waals surface area contributed by atoms with Crippen molar-refractivity contribution in [3.63, 3.8) is 0 Å². The smallest absolute Gasteiger partial charge is 0.0726 e. The highest BCUT2D eigenvalue weighted by molar-refractivity contribution is 4.76. The lowest BCUT2D eigenvalue weighted by Gasteiger charge is -2.24. The second-order valence-electron chi connectivity index (χ2n) is 4.72. The second kappa shape index (κ2) is 8.86. The molecule has 2 atom stereocenters. The number of rotatable bonds is 9. The van der Waals surface area contributed by atoms with E-state index in [0.717, 1.165) is 39.4 Å². The van der Waals surface area contributed by atoms with Gasteiger partial charge in [-0.2, -0.15) is 0 Å². The van der Waals surface area contributed by atoms with Crippen LogP contribution in [-0.4, -0.2) is 63.5 Å². The lowest BCUT2D eigenvalue weighted by atomic mass is 10.1. The van der Waals surface area contributed by atoms with Gasteiger partial charge in [-0.25, -0.2) is 0 Å². The minimum atomic E-state index is 0.420. The fraction of sp³-hybridized carbons (Fsp3) is 1.00. The third kappa shape index (κ3) is 5.82. The molecule has 102 valence electrons. The number of hydrogen-bond donors (Lipinski definition) is 1. The van der Waals surface area contributed by atoms with Gasteiger partial charge in [0, 0.05) is 39.4 Å². The molecule has 4 heteroatoms. The molecule has 1 aliphatic rings. The van der Waals surface area contributed by atoms with E-state index in [2.05, 4.69) is 24.1 Å². The molecular formula is C13H28N2O2. The molecule has 0 aliphatic carbocycles. The maximum absolute atomic E-state index is 5.67. The highest BCUT2D eigenvalue weighted by Gasteiger charge is 2.21. The Bertz CT molecular complexity index is 184. The van der Waals surface area contributed by atoms with Gasteiger partial charge in [-0.3, -0.25) is 0 Å². The minimum absolute atomic E-state index is 0.420. The zero-order chi connectivity index (χ0) is 12.5. The first kappa shape index (κ1) is 14.9. The average molecular weight is 244 g/mol. The van der Waals surface area contributed by atoms with Gasteiger partial charge in [0.1, 0.15) is 0 Å². The van der Waals surface area contributed by atoms with E-state index < -0.39 is 0 Å². The van der Waals surface area contributed by atoms with Crippen molar-refractivity contribution >= 4 is 0 Å². The normalized spacial score (nSPS) is 22.2. The summed E-state index contributed by atoms with van der Waals surface area (Å²) in [5, 5.41) is 3.56. The molecule has 1 heterocycles. The van der Waals surface area contributed by atoms with E-state index in [1.54, 1.807) is 7.11 Å². The second-order valence-corrected chi connectivity index (χ2v) is 4.72. The van der Waals surface area contributed by atoms with Gasteiger partial charge in [0.2, 0.25) is 0 Å². The molecule has 0 amide bonds. The molecule has 0 saturated carbocycles. The van der Waals surface area contributed by atoms with Gasteiger partial charge in [-0.05, 0) is 26.3 Å². The van der Waals surface area contributed by atoms with E-state index >= 15 is 0 Å². The molecule has 1 N–H and O–H groups in total. The Hall–Kier alpha value is -0.160. The van der Waals surface area contributed by atoms with Crippen LogP contribution < -0.4 is 5.32 Å². The first-order valence-corrected chi connectivity index (χ1v) is 6.84. The van der Waals surface area contributed by atoms with Gasteiger partial charge < -0.3 is 19.7 Å². The fourth-order valence-electron chi connectivity index (χ4n) is 2.23. The summed E-state index contributed by atoms with van der Waals surface area (Å²) in [6, 6.07) is 0.471. The summed E-state index contributed by atoms with van der Waals surface area (Å²) in [6.07, 6.45) is 2.84. The monoisotopic (exact) mass is 244 g/mol. The molecular weight excluding hydrogens is 216 g/mol. The SMILES string of the molecule is CCN(CCNC(C)C1CCCO1)CCOC. The van der Waals surface area contributed by atoms with Crippen LogP contribution in [0.3, 0.4) is 0 Å². The molecule has 4 nitrogen and oxygen atoms in total. The largest absolute Gasteiger partial charge is 0.383 e. The third-order valence-corrected chi connectivity index (χ3v) is 3.48. The molecule has 0 aromatic heterocycles. The number of methoxy groups -OCH3 is 1. The van der Waals surface area contributed by atoms with Crippen molar-refractivity contribution in [3.8, 4) is 0 Å². The molecule has 1 fully saturated rings. The predicted molar refractivity (Wildman–Crippen MR) is 70.4 cm³/mol. The van der Waals surface area contributed by atoms with E-state index in [4.69, 9.17) is 9.47 Å². The van der Waals surface area contributed by atoms with Crippen molar-refractivity contribution in [2.75, 3.05) is 46.5 Å². The molecule has 0 radical (unpaired) electrons. The maximum atomic E-state index is 5.67. The number of nitrogens with one attached hydrogen (secondary N) is 1. The van der Waals surface area contributed by atoms with Crippen LogP contribution in [0.5, 0.6) is 0 Å². The molecule has 1 saturated heterocycles. The van der Waals surface area contributed by atoms with Crippen LogP contribution in [0, 0.1) is 0 Å². The summed E-state index contributed by atoms with van der Waals surface area (Å²) in [4.78, 5) is 2.40. The first-order chi connectivity index (χ1) is 8.27. The number of likely N-dealkylation sites (N-methyl/N-ethyl adjacent to an activating group) is 1. The Kier molecular flexibility index (Phi) is 7.77. The number of ether oxygens (including phenoxy) is 2. The van der Waals surface area contributed by atoms with Crippen molar-refractivity contribution in [1.29, 1.82) is 0 Å². The van der Waals surface area contributed by atoms with E-state index in [9.17, 15) is 0 Å². The molecule has 17 heavy (non-hydrogen) atoms. The van der Waals surface area contributed by atoms with Crippen molar-refractivity contribution in [2.24, 2.45) is 0 Å². The third-order valence-electron chi connectivity index (χ3n) is 3.48. The topological polar surface area (TPSA) is 33.7 Å². The van der Waals surface area contributed by atoms with E-state index in [-0.39, 0.29) is 0 Å². The van der Waals surface area contributed by atoms with Crippen LogP contribution in [0.4, 0.5) is 0 Å². The summed E-state index contributed by atoms with van der Waals surface area (Å²) in [5.41, 5.74) is 0. The first-order valence-electron chi connectivity index (χ1n) is 6.84. The summed E-state index contributed by atoms with van der Waals surface area (Å²) in [7, 11) is 1.76. The van der Waals surface area contributed by atoms with Crippen molar-refractivity contribution in [3.05, 3.63) is 0 Å². The molecule has 0 bridgehead atoms. The lowest BCUT2D eigenvalue weighted by molar-refractivity contribution is 0.0820. The lowest BCUT2D eigenvalue weighted by Crippen LogP contribution is -2.42. The quantitative estimate of drug-likeness (QED) is 0.659. The van der Waals surface area contributed by atoms with Crippen molar-refractivity contribution in [1.82, 2.24) is 10.2 Å². The Morgan fingerprint density at radius 2 is 2.29 bits per heavy atom. The molecule has 0 aromatic rings. The summed E-state index contributed by atoms with van der Waals surface area (Å²) in [6.45, 7) is 10.4. The maximum Gasteiger partial charge on any atom is 0.0726 e. The Balaban J connectivity index is 2.07. The number of hydrogen-bond acceptors (Lipinski definition) is 4. The van der Waals surface area contributed by atoms with Crippen LogP contribution in [0.1, 0.15) is 26.7 Å². The van der Waals surface area contributed by atoms with Gasteiger partial charge in [0.25, 0.3) is 0 Å². The zero-order valence-electron chi connectivity index (χ0n) is 11.6. The predicted octanol–water partition coefficient (Wildman–Crippen LogP) is 1.11. The average Bonchev–Trinajstić information content (AvgIpc) is 2.87. The minimum Gasteiger partial charge on any atom is -0.383 e. The summed E-state index contributed by atoms with van der Waals surface area (Å²) < 4.78 is 10.8. The van der Waals surface area contributed by atoms with Crippen LogP contribution in [0.25, 0.3) is 0 Å². The van der Waals surface area contributed by atoms with Crippen LogP contribution >= 0.6 is 0 Å². The van der Waals surface area contributed by atoms with Gasteiger partial charge in [0.05, 0.1) is 12.7 Å². The zero-order valence-corrected chi connectivity index (χ0v) is 11.6. The molecule has 0 spiro atoms. The molecule has 2 unspecified atom stereocenters. The molecule has 1 aliphatic heterocycles. The van der Waals surface area contributed by atoms with E-state index in [1.807, 2.05) is 0 Å². The highest BCUT2D eigenvalue weighted by atomic mass is 16.5. The summed E-state index contributed by atoms with van der Waals surface area (Å²) in [5.74, 6) is 0. The Morgan fingerprint density at radius 3 is 2.88 bits per heavy atom. The number of nitrogens with zero attached hydrogens (tertiary/aromatic N) is 1.